The average Bonchev–Trinajstić information content (AvgIpc) is 3.21. The number of carbonyl (C=O) groups is 1. The van der Waals surface area contributed by atoms with Gasteiger partial charge >= 0.3 is 0 Å². The van der Waals surface area contributed by atoms with Gasteiger partial charge in [-0.05, 0) is 79.3 Å². The molecule has 202 valence electrons. The molecule has 0 aliphatic carbocycles. The number of nitrogens with zero attached hydrogens (tertiary/aromatic N) is 1. The largest absolute Gasteiger partial charge is 0.497 e. The maximum absolute atomic E-state index is 14.0. The van der Waals surface area contributed by atoms with E-state index in [1.807, 2.05) is 74.5 Å². The molecule has 1 atom stereocenters. The number of methoxy groups -OCH3 is 1. The van der Waals surface area contributed by atoms with E-state index in [4.69, 9.17) is 13.9 Å². The number of fused-ring (bicyclic) bond motifs is 2. The molecule has 1 aromatic heterocycles. The number of benzene rings is 3. The summed E-state index contributed by atoms with van der Waals surface area (Å²) in [4.78, 5) is 29.5. The monoisotopic (exact) mass is 525 g/mol. The van der Waals surface area contributed by atoms with Crippen LogP contribution in [0.1, 0.15) is 70.6 Å². The fraction of sp³-hybridized carbons (Fsp3) is 0.333. The van der Waals surface area contributed by atoms with Crippen LogP contribution in [-0.2, 0) is 6.42 Å². The highest BCUT2D eigenvalue weighted by Gasteiger charge is 2.42. The van der Waals surface area contributed by atoms with Crippen LogP contribution in [0.15, 0.2) is 69.9 Å². The Morgan fingerprint density at radius 1 is 0.923 bits per heavy atom. The van der Waals surface area contributed by atoms with Crippen LogP contribution < -0.4 is 14.9 Å². The Bertz CT molecular complexity index is 1540. The van der Waals surface area contributed by atoms with Crippen molar-refractivity contribution in [3.8, 4) is 11.5 Å². The van der Waals surface area contributed by atoms with E-state index in [1.165, 1.54) is 0 Å². The quantitative estimate of drug-likeness (QED) is 0.214. The number of carbonyl (C=O) groups excluding carboxylic acids is 1. The van der Waals surface area contributed by atoms with Crippen molar-refractivity contribution in [3.63, 3.8) is 0 Å². The number of amides is 1. The van der Waals surface area contributed by atoms with Gasteiger partial charge in [0.25, 0.3) is 5.91 Å². The van der Waals surface area contributed by atoms with E-state index in [0.717, 1.165) is 53.0 Å². The van der Waals surface area contributed by atoms with Gasteiger partial charge in [-0.3, -0.25) is 9.59 Å². The molecule has 5 rings (SSSR count). The van der Waals surface area contributed by atoms with Crippen molar-refractivity contribution in [3.05, 3.63) is 104 Å². The first kappa shape index (κ1) is 26.5. The molecule has 1 unspecified atom stereocenters. The number of hydrogen-bond acceptors (Lipinski definition) is 5. The van der Waals surface area contributed by atoms with Gasteiger partial charge in [-0.25, -0.2) is 0 Å². The minimum atomic E-state index is -0.541. The molecule has 0 bridgehead atoms. The predicted molar refractivity (Wildman–Crippen MR) is 153 cm³/mol. The third-order valence-corrected chi connectivity index (χ3v) is 7.43. The van der Waals surface area contributed by atoms with Gasteiger partial charge in [0, 0.05) is 6.54 Å². The number of rotatable bonds is 10. The maximum atomic E-state index is 14.0. The summed E-state index contributed by atoms with van der Waals surface area (Å²) >= 11 is 0. The topological polar surface area (TPSA) is 69.0 Å². The number of unbranched alkanes of at least 4 members (excludes halogenated alkanes) is 2. The summed E-state index contributed by atoms with van der Waals surface area (Å²) in [7, 11) is 1.64. The second-order valence-corrected chi connectivity index (χ2v) is 10.3. The van der Waals surface area contributed by atoms with Gasteiger partial charge < -0.3 is 18.8 Å². The molecule has 3 aromatic carbocycles. The molecule has 1 aliphatic heterocycles. The van der Waals surface area contributed by atoms with Crippen LogP contribution in [0, 0.1) is 13.8 Å². The Hall–Kier alpha value is -4.06. The van der Waals surface area contributed by atoms with E-state index in [1.54, 1.807) is 12.0 Å². The van der Waals surface area contributed by atoms with Crippen LogP contribution in [0.25, 0.3) is 11.0 Å². The smallest absolute Gasteiger partial charge is 0.290 e. The van der Waals surface area contributed by atoms with E-state index in [-0.39, 0.29) is 17.1 Å². The van der Waals surface area contributed by atoms with E-state index < -0.39 is 6.04 Å². The van der Waals surface area contributed by atoms with Crippen LogP contribution in [-0.4, -0.2) is 31.1 Å². The standard InChI is InChI=1S/C33H35NO5/c1-5-6-7-18-38-26-14-10-24(11-15-26)30-29-31(35)28-22(3)19-21(2)20-27(28)39-32(29)33(36)34(30)17-16-23-8-12-25(37-4)13-9-23/h8-15,19-20,30H,5-7,16-18H2,1-4H3. The van der Waals surface area contributed by atoms with E-state index in [2.05, 4.69) is 6.92 Å². The van der Waals surface area contributed by atoms with Crippen molar-refractivity contribution < 1.29 is 18.7 Å². The summed E-state index contributed by atoms with van der Waals surface area (Å²) in [5, 5.41) is 0.532. The number of aryl methyl sites for hydroxylation is 2. The van der Waals surface area contributed by atoms with Crippen LogP contribution >= 0.6 is 0 Å². The first-order valence-electron chi connectivity index (χ1n) is 13.7. The molecule has 0 N–H and O–H groups in total. The van der Waals surface area contributed by atoms with Crippen molar-refractivity contribution in [1.82, 2.24) is 4.90 Å². The summed E-state index contributed by atoms with van der Waals surface area (Å²) in [6.45, 7) is 7.13. The predicted octanol–water partition coefficient (Wildman–Crippen LogP) is 6.78. The van der Waals surface area contributed by atoms with Gasteiger partial charge in [-0.1, -0.05) is 50.1 Å². The molecule has 1 amide bonds. The highest BCUT2D eigenvalue weighted by atomic mass is 16.5. The summed E-state index contributed by atoms with van der Waals surface area (Å²) < 4.78 is 17.4. The molecule has 0 fully saturated rings. The molecule has 0 radical (unpaired) electrons. The first-order valence-corrected chi connectivity index (χ1v) is 13.7. The van der Waals surface area contributed by atoms with Crippen LogP contribution in [0.5, 0.6) is 11.5 Å². The van der Waals surface area contributed by atoms with Crippen LogP contribution in [0.2, 0.25) is 0 Å². The Morgan fingerprint density at radius 3 is 2.33 bits per heavy atom. The fourth-order valence-corrected chi connectivity index (χ4v) is 5.42. The minimum Gasteiger partial charge on any atom is -0.497 e. The highest BCUT2D eigenvalue weighted by molar-refractivity contribution is 5.99. The summed E-state index contributed by atoms with van der Waals surface area (Å²) in [6, 6.07) is 18.8. The van der Waals surface area contributed by atoms with Crippen LogP contribution in [0.3, 0.4) is 0 Å². The van der Waals surface area contributed by atoms with E-state index in [0.29, 0.717) is 36.1 Å². The Balaban J connectivity index is 1.53. The summed E-state index contributed by atoms with van der Waals surface area (Å²) in [5.74, 6) is 1.44. The molecule has 6 heteroatoms. The van der Waals surface area contributed by atoms with Gasteiger partial charge in [-0.2, -0.15) is 0 Å². The van der Waals surface area contributed by atoms with Crippen LogP contribution in [0.4, 0.5) is 0 Å². The van der Waals surface area contributed by atoms with Crippen molar-refractivity contribution in [2.45, 2.75) is 52.5 Å². The zero-order valence-corrected chi connectivity index (χ0v) is 23.1. The number of hydrogen-bond donors (Lipinski definition) is 0. The lowest BCUT2D eigenvalue weighted by molar-refractivity contribution is 0.0730. The molecule has 1 aliphatic rings. The second-order valence-electron chi connectivity index (χ2n) is 10.3. The van der Waals surface area contributed by atoms with Crippen molar-refractivity contribution >= 4 is 16.9 Å². The average molecular weight is 526 g/mol. The maximum Gasteiger partial charge on any atom is 0.290 e. The Kier molecular flexibility index (Phi) is 7.73. The second kappa shape index (κ2) is 11.4. The fourth-order valence-electron chi connectivity index (χ4n) is 5.42. The lowest BCUT2D eigenvalue weighted by atomic mass is 9.96. The van der Waals surface area contributed by atoms with Gasteiger partial charge in [0.2, 0.25) is 5.76 Å². The third-order valence-electron chi connectivity index (χ3n) is 7.43. The summed E-state index contributed by atoms with van der Waals surface area (Å²) in [5.41, 5.74) is 4.48. The SMILES string of the molecule is CCCCCOc1ccc(C2c3c(oc4cc(C)cc(C)c4c3=O)C(=O)N2CCc2ccc(OC)cc2)cc1. The van der Waals surface area contributed by atoms with Gasteiger partial charge in [-0.15, -0.1) is 0 Å². The molecule has 0 saturated carbocycles. The zero-order valence-electron chi connectivity index (χ0n) is 23.1. The normalized spacial score (nSPS) is 14.6. The molecular weight excluding hydrogens is 490 g/mol. The van der Waals surface area contributed by atoms with Gasteiger partial charge in [0.15, 0.2) is 5.43 Å². The van der Waals surface area contributed by atoms with E-state index >= 15 is 0 Å². The molecule has 4 aromatic rings. The lowest BCUT2D eigenvalue weighted by Gasteiger charge is -2.25. The molecule has 6 nitrogen and oxygen atoms in total. The molecular formula is C33H35NO5. The van der Waals surface area contributed by atoms with Crippen molar-refractivity contribution in [2.75, 3.05) is 20.3 Å². The van der Waals surface area contributed by atoms with Gasteiger partial charge in [0.05, 0.1) is 30.7 Å². The highest BCUT2D eigenvalue weighted by Crippen LogP contribution is 2.39. The lowest BCUT2D eigenvalue weighted by Crippen LogP contribution is -2.31. The van der Waals surface area contributed by atoms with Gasteiger partial charge in [0.1, 0.15) is 17.1 Å². The zero-order chi connectivity index (χ0) is 27.5. The van der Waals surface area contributed by atoms with E-state index in [9.17, 15) is 9.59 Å². The van der Waals surface area contributed by atoms with Crippen molar-refractivity contribution in [1.29, 1.82) is 0 Å². The first-order chi connectivity index (χ1) is 18.9. The third kappa shape index (κ3) is 5.29. The Labute approximate surface area is 229 Å². The molecule has 39 heavy (non-hydrogen) atoms. The summed E-state index contributed by atoms with van der Waals surface area (Å²) in [6.07, 6.45) is 3.91. The number of ether oxygens (including phenoxy) is 2. The molecule has 0 spiro atoms. The molecule has 0 saturated heterocycles. The Morgan fingerprint density at radius 2 is 1.64 bits per heavy atom. The van der Waals surface area contributed by atoms with Crippen molar-refractivity contribution in [2.24, 2.45) is 0 Å². The minimum absolute atomic E-state index is 0.136. The molecule has 2 heterocycles.